The van der Waals surface area contributed by atoms with Crippen LogP contribution in [0.5, 0.6) is 0 Å². The molecule has 14 heteroatoms. The number of amides is 2. The van der Waals surface area contributed by atoms with Crippen LogP contribution in [0.4, 0.5) is 14.7 Å². The zero-order valence-corrected chi connectivity index (χ0v) is 23.3. The molecule has 2 rings (SSSR count). The molecule has 13 nitrogen and oxygen atoms in total. The van der Waals surface area contributed by atoms with Crippen LogP contribution in [0.15, 0.2) is 10.5 Å². The number of carbonyl (C=O) groups is 4. The summed E-state index contributed by atoms with van der Waals surface area (Å²) in [5.41, 5.74) is -4.86. The van der Waals surface area contributed by atoms with Gasteiger partial charge in [-0.1, -0.05) is 5.16 Å². The number of thiazole rings is 1. The van der Waals surface area contributed by atoms with E-state index in [0.29, 0.717) is 0 Å². The van der Waals surface area contributed by atoms with Gasteiger partial charge in [-0.3, -0.25) is 10.2 Å². The zero-order valence-electron chi connectivity index (χ0n) is 22.5. The fourth-order valence-electron chi connectivity index (χ4n) is 2.78. The summed E-state index contributed by atoms with van der Waals surface area (Å²) < 4.78 is 15.9. The third kappa shape index (κ3) is 8.88. The van der Waals surface area contributed by atoms with Crippen molar-refractivity contribution in [3.05, 3.63) is 11.1 Å². The lowest BCUT2D eigenvalue weighted by molar-refractivity contribution is -0.204. The van der Waals surface area contributed by atoms with E-state index in [0.717, 1.165) is 11.3 Å². The van der Waals surface area contributed by atoms with Crippen LogP contribution in [0.3, 0.4) is 0 Å². The number of aromatic nitrogens is 1. The Bertz CT molecular complexity index is 1070. The Hall–Kier alpha value is -3.42. The summed E-state index contributed by atoms with van der Waals surface area (Å²) in [5.74, 6) is -2.31. The molecule has 0 unspecified atom stereocenters. The van der Waals surface area contributed by atoms with Crippen LogP contribution < -0.4 is 5.32 Å². The standard InChI is InChI=1S/C23H34N4O9S/c1-20(2,3)33-16(30)23(11-27(12-23)19(32)35-22(7,8)9)36-26-14(15(28)29)13-10-37-17(24-13)25-18(31)34-21(4,5)6/h10H,11-12H2,1-9H3,(H,28,29)(H,24,25,31)/b26-14-. The first-order valence-electron chi connectivity index (χ1n) is 11.4. The quantitative estimate of drug-likeness (QED) is 0.234. The number of oxime groups is 1. The minimum absolute atomic E-state index is 0.0693. The summed E-state index contributed by atoms with van der Waals surface area (Å²) in [6.07, 6.45) is -1.44. The van der Waals surface area contributed by atoms with E-state index < -0.39 is 52.2 Å². The molecule has 2 amide bonds. The van der Waals surface area contributed by atoms with Gasteiger partial charge < -0.3 is 24.2 Å². The number of carboxylic acid groups (broad SMARTS) is 1. The Morgan fingerprint density at radius 2 is 1.51 bits per heavy atom. The molecule has 2 heterocycles. The lowest BCUT2D eigenvalue weighted by Crippen LogP contribution is -2.69. The highest BCUT2D eigenvalue weighted by molar-refractivity contribution is 7.14. The average molecular weight is 543 g/mol. The number of carbonyl (C=O) groups excluding carboxylic acids is 3. The van der Waals surface area contributed by atoms with E-state index in [-0.39, 0.29) is 23.9 Å². The third-order valence-electron chi connectivity index (χ3n) is 4.18. The Morgan fingerprint density at radius 3 is 2.00 bits per heavy atom. The number of nitrogens with one attached hydrogen (secondary N) is 1. The minimum atomic E-state index is -1.75. The van der Waals surface area contributed by atoms with Crippen LogP contribution in [0, 0.1) is 0 Å². The maximum absolute atomic E-state index is 13.0. The number of hydrogen-bond donors (Lipinski definition) is 2. The molecule has 0 spiro atoms. The second-order valence-corrected chi connectivity index (χ2v) is 12.2. The first-order chi connectivity index (χ1) is 16.7. The number of ether oxygens (including phenoxy) is 3. The Balaban J connectivity index is 2.25. The molecule has 1 fully saturated rings. The number of esters is 1. The molecule has 0 aliphatic carbocycles. The summed E-state index contributed by atoms with van der Waals surface area (Å²) in [4.78, 5) is 60.0. The summed E-state index contributed by atoms with van der Waals surface area (Å²) in [6.45, 7) is 14.6. The van der Waals surface area contributed by atoms with Crippen molar-refractivity contribution in [2.75, 3.05) is 18.4 Å². The van der Waals surface area contributed by atoms with Crippen LogP contribution in [0.25, 0.3) is 0 Å². The van der Waals surface area contributed by atoms with Gasteiger partial charge in [0.15, 0.2) is 5.13 Å². The van der Waals surface area contributed by atoms with E-state index >= 15 is 0 Å². The van der Waals surface area contributed by atoms with Crippen LogP contribution in [-0.2, 0) is 28.6 Å². The zero-order chi connectivity index (χ0) is 28.4. The lowest BCUT2D eigenvalue weighted by Gasteiger charge is -2.45. The smallest absolute Gasteiger partial charge is 0.413 e. The molecule has 2 N–H and O–H groups in total. The normalized spacial score (nSPS) is 15.8. The number of carboxylic acids is 1. The van der Waals surface area contributed by atoms with Crippen molar-refractivity contribution in [1.29, 1.82) is 0 Å². The van der Waals surface area contributed by atoms with Crippen molar-refractivity contribution in [2.45, 2.75) is 84.7 Å². The monoisotopic (exact) mass is 542 g/mol. The molecule has 1 aliphatic rings. The third-order valence-corrected chi connectivity index (χ3v) is 4.94. The fraction of sp³-hybridized carbons (Fsp3) is 0.652. The summed E-state index contributed by atoms with van der Waals surface area (Å²) >= 11 is 0.943. The van der Waals surface area contributed by atoms with Crippen molar-refractivity contribution in [2.24, 2.45) is 5.16 Å². The first-order valence-corrected chi connectivity index (χ1v) is 12.2. The fourth-order valence-corrected chi connectivity index (χ4v) is 3.46. The summed E-state index contributed by atoms with van der Waals surface area (Å²) in [7, 11) is 0. The Labute approximate surface area is 219 Å². The van der Waals surface area contributed by atoms with Gasteiger partial charge in [0.2, 0.25) is 5.71 Å². The van der Waals surface area contributed by atoms with Gasteiger partial charge in [0.1, 0.15) is 22.5 Å². The molecule has 0 aromatic carbocycles. The molecule has 0 atom stereocenters. The highest BCUT2D eigenvalue weighted by Crippen LogP contribution is 2.31. The predicted molar refractivity (Wildman–Crippen MR) is 134 cm³/mol. The largest absolute Gasteiger partial charge is 0.476 e. The van der Waals surface area contributed by atoms with Gasteiger partial charge in [0.05, 0.1) is 13.1 Å². The van der Waals surface area contributed by atoms with Crippen molar-refractivity contribution < 1.29 is 43.3 Å². The number of rotatable bonds is 6. The molecule has 1 aliphatic heterocycles. The van der Waals surface area contributed by atoms with Gasteiger partial charge in [-0.15, -0.1) is 11.3 Å². The minimum Gasteiger partial charge on any atom is -0.476 e. The van der Waals surface area contributed by atoms with Gasteiger partial charge >= 0.3 is 24.1 Å². The van der Waals surface area contributed by atoms with Crippen LogP contribution >= 0.6 is 11.3 Å². The van der Waals surface area contributed by atoms with Crippen LogP contribution in [-0.4, -0.2) is 80.3 Å². The average Bonchev–Trinajstić information content (AvgIpc) is 3.06. The second-order valence-electron chi connectivity index (χ2n) is 11.3. The molecular formula is C23H34N4O9S. The van der Waals surface area contributed by atoms with Gasteiger partial charge in [-0.2, -0.15) is 0 Å². The van der Waals surface area contributed by atoms with E-state index in [9.17, 15) is 24.3 Å². The number of nitrogens with zero attached hydrogens (tertiary/aromatic N) is 3. The van der Waals surface area contributed by atoms with Crippen LogP contribution in [0.2, 0.25) is 0 Å². The maximum atomic E-state index is 13.0. The first kappa shape index (κ1) is 29.8. The van der Waals surface area contributed by atoms with E-state index in [4.69, 9.17) is 19.0 Å². The number of hydrogen-bond acceptors (Lipinski definition) is 11. The van der Waals surface area contributed by atoms with Crippen molar-refractivity contribution in [3.63, 3.8) is 0 Å². The summed E-state index contributed by atoms with van der Waals surface area (Å²) in [6, 6.07) is 0. The molecule has 1 aromatic heterocycles. The van der Waals surface area contributed by atoms with Crippen molar-refractivity contribution >= 4 is 46.3 Å². The molecule has 206 valence electrons. The Kier molecular flexibility index (Phi) is 8.47. The summed E-state index contributed by atoms with van der Waals surface area (Å²) in [5, 5.41) is 17.2. The lowest BCUT2D eigenvalue weighted by atomic mass is 9.94. The predicted octanol–water partition coefficient (Wildman–Crippen LogP) is 3.63. The van der Waals surface area contributed by atoms with E-state index in [1.54, 1.807) is 62.3 Å². The van der Waals surface area contributed by atoms with Crippen molar-refractivity contribution in [1.82, 2.24) is 9.88 Å². The van der Waals surface area contributed by atoms with E-state index in [1.807, 2.05) is 0 Å². The molecule has 1 aromatic rings. The maximum Gasteiger partial charge on any atom is 0.413 e. The number of anilines is 1. The van der Waals surface area contributed by atoms with Crippen LogP contribution in [0.1, 0.15) is 68.0 Å². The molecule has 0 bridgehead atoms. The molecular weight excluding hydrogens is 508 g/mol. The van der Waals surface area contributed by atoms with Gasteiger partial charge in [-0.25, -0.2) is 24.2 Å². The molecule has 0 radical (unpaired) electrons. The topological polar surface area (TPSA) is 166 Å². The molecule has 37 heavy (non-hydrogen) atoms. The second kappa shape index (κ2) is 10.5. The van der Waals surface area contributed by atoms with Crippen molar-refractivity contribution in [3.8, 4) is 0 Å². The van der Waals surface area contributed by atoms with Gasteiger partial charge in [0.25, 0.3) is 5.60 Å². The SMILES string of the molecule is CC(C)(C)OC(=O)Nc1nc(/C(=N/OC2(C(=O)OC(C)(C)C)CN(C(=O)OC(C)(C)C)C2)C(=O)O)cs1. The molecule has 1 saturated heterocycles. The molecule has 0 saturated carbocycles. The van der Waals surface area contributed by atoms with Gasteiger partial charge in [-0.05, 0) is 62.3 Å². The Morgan fingerprint density at radius 1 is 0.973 bits per heavy atom. The van der Waals surface area contributed by atoms with Gasteiger partial charge in [0, 0.05) is 5.38 Å². The number of likely N-dealkylation sites (tertiary alicyclic amines) is 1. The van der Waals surface area contributed by atoms with E-state index in [2.05, 4.69) is 15.5 Å². The number of aliphatic carboxylic acids is 1. The van der Waals surface area contributed by atoms with E-state index in [1.165, 1.54) is 10.3 Å². The highest BCUT2D eigenvalue weighted by Gasteiger charge is 2.57. The highest BCUT2D eigenvalue weighted by atomic mass is 32.1.